The number of nitrogens with one attached hydrogen (secondary N) is 1. The molecule has 0 spiro atoms. The van der Waals surface area contributed by atoms with Crippen LogP contribution in [0.1, 0.15) is 37.7 Å². The molecule has 1 saturated carbocycles. The summed E-state index contributed by atoms with van der Waals surface area (Å²) in [6.45, 7) is 0. The third-order valence-corrected chi connectivity index (χ3v) is 5.64. The molecule has 0 aromatic heterocycles. The second-order valence-electron chi connectivity index (χ2n) is 5.41. The summed E-state index contributed by atoms with van der Waals surface area (Å²) in [6.07, 6.45) is 8.19. The predicted octanol–water partition coefficient (Wildman–Crippen LogP) is 4.54. The highest BCUT2D eigenvalue weighted by Crippen LogP contribution is 2.28. The largest absolute Gasteiger partial charge is 0.316 e. The summed E-state index contributed by atoms with van der Waals surface area (Å²) in [5, 5.41) is 5.18. The maximum absolute atomic E-state index is 6.04. The standard InChI is InChI=1S/C16H24ClNS/c1-18-15(11-13-6-5-7-14(17)10-13)12-19-16-8-3-2-4-9-16/h5-7,10,15-16,18H,2-4,8-9,11-12H2,1H3. The van der Waals surface area contributed by atoms with Gasteiger partial charge in [-0.25, -0.2) is 0 Å². The summed E-state index contributed by atoms with van der Waals surface area (Å²) in [7, 11) is 2.07. The highest BCUT2D eigenvalue weighted by Gasteiger charge is 2.16. The minimum absolute atomic E-state index is 0.547. The van der Waals surface area contributed by atoms with Gasteiger partial charge in [0.1, 0.15) is 0 Å². The first-order chi connectivity index (χ1) is 9.28. The number of benzene rings is 1. The van der Waals surface area contributed by atoms with Gasteiger partial charge in [-0.1, -0.05) is 43.0 Å². The monoisotopic (exact) mass is 297 g/mol. The molecule has 1 aliphatic rings. The van der Waals surface area contributed by atoms with Crippen LogP contribution < -0.4 is 5.32 Å². The number of likely N-dealkylation sites (N-methyl/N-ethyl adjacent to an activating group) is 1. The number of thioether (sulfide) groups is 1. The Morgan fingerprint density at radius 2 is 2.11 bits per heavy atom. The number of hydrogen-bond donors (Lipinski definition) is 1. The van der Waals surface area contributed by atoms with Crippen LogP contribution >= 0.6 is 23.4 Å². The van der Waals surface area contributed by atoms with Crippen molar-refractivity contribution in [2.75, 3.05) is 12.8 Å². The lowest BCUT2D eigenvalue weighted by Gasteiger charge is -2.24. The molecule has 2 rings (SSSR count). The first-order valence-electron chi connectivity index (χ1n) is 7.31. The van der Waals surface area contributed by atoms with Crippen molar-refractivity contribution in [2.45, 2.75) is 49.8 Å². The fourth-order valence-corrected chi connectivity index (χ4v) is 4.35. The molecule has 1 aromatic carbocycles. The Labute approximate surface area is 126 Å². The summed E-state index contributed by atoms with van der Waals surface area (Å²) in [4.78, 5) is 0. The van der Waals surface area contributed by atoms with Crippen molar-refractivity contribution in [2.24, 2.45) is 0 Å². The molecular weight excluding hydrogens is 274 g/mol. The second-order valence-corrected chi connectivity index (χ2v) is 7.18. The number of rotatable bonds is 6. The van der Waals surface area contributed by atoms with Crippen LogP contribution in [0.3, 0.4) is 0 Å². The zero-order valence-electron chi connectivity index (χ0n) is 11.7. The third kappa shape index (κ3) is 5.37. The zero-order chi connectivity index (χ0) is 13.5. The van der Waals surface area contributed by atoms with Gasteiger partial charge < -0.3 is 5.32 Å². The van der Waals surface area contributed by atoms with Gasteiger partial charge >= 0.3 is 0 Å². The van der Waals surface area contributed by atoms with Gasteiger partial charge in [0.15, 0.2) is 0 Å². The van der Waals surface area contributed by atoms with Crippen LogP contribution in [0.4, 0.5) is 0 Å². The van der Waals surface area contributed by atoms with Gasteiger partial charge in [-0.3, -0.25) is 0 Å². The molecule has 1 atom stereocenters. The Bertz CT molecular complexity index is 377. The van der Waals surface area contributed by atoms with Crippen LogP contribution in [0.25, 0.3) is 0 Å². The van der Waals surface area contributed by atoms with E-state index in [1.54, 1.807) is 0 Å². The van der Waals surface area contributed by atoms with Crippen LogP contribution in [0.2, 0.25) is 5.02 Å². The molecule has 1 N–H and O–H groups in total. The normalized spacial score (nSPS) is 18.4. The van der Waals surface area contributed by atoms with E-state index in [2.05, 4.69) is 36.3 Å². The van der Waals surface area contributed by atoms with Gasteiger partial charge in [0, 0.05) is 22.1 Å². The number of hydrogen-bond acceptors (Lipinski definition) is 2. The van der Waals surface area contributed by atoms with Crippen molar-refractivity contribution in [3.05, 3.63) is 34.9 Å². The SMILES string of the molecule is CNC(CSC1CCCCC1)Cc1cccc(Cl)c1. The van der Waals surface area contributed by atoms with Crippen LogP contribution in [0, 0.1) is 0 Å². The molecule has 1 unspecified atom stereocenters. The Balaban J connectivity index is 1.79. The average Bonchev–Trinajstić information content (AvgIpc) is 2.44. The lowest BCUT2D eigenvalue weighted by atomic mass is 10.0. The molecule has 106 valence electrons. The van der Waals surface area contributed by atoms with E-state index in [-0.39, 0.29) is 0 Å². The molecular formula is C16H24ClNS. The molecule has 0 aliphatic heterocycles. The molecule has 3 heteroatoms. The summed E-state index contributed by atoms with van der Waals surface area (Å²) in [6, 6.07) is 8.78. The fraction of sp³-hybridized carbons (Fsp3) is 0.625. The van der Waals surface area contributed by atoms with Crippen LogP contribution in [-0.4, -0.2) is 24.1 Å². The molecule has 0 saturated heterocycles. The van der Waals surface area contributed by atoms with Crippen molar-refractivity contribution in [1.82, 2.24) is 5.32 Å². The van der Waals surface area contributed by atoms with Crippen molar-refractivity contribution >= 4 is 23.4 Å². The maximum Gasteiger partial charge on any atom is 0.0408 e. The van der Waals surface area contributed by atoms with E-state index in [1.165, 1.54) is 43.4 Å². The van der Waals surface area contributed by atoms with Gasteiger partial charge in [-0.2, -0.15) is 11.8 Å². The third-order valence-electron chi connectivity index (χ3n) is 3.86. The average molecular weight is 298 g/mol. The summed E-state index contributed by atoms with van der Waals surface area (Å²) < 4.78 is 0. The van der Waals surface area contributed by atoms with Crippen molar-refractivity contribution in [3.63, 3.8) is 0 Å². The predicted molar refractivity (Wildman–Crippen MR) is 87.3 cm³/mol. The molecule has 1 aliphatic carbocycles. The topological polar surface area (TPSA) is 12.0 Å². The molecule has 19 heavy (non-hydrogen) atoms. The molecule has 0 bridgehead atoms. The molecule has 0 amide bonds. The van der Waals surface area contributed by atoms with Gasteiger partial charge in [-0.15, -0.1) is 0 Å². The molecule has 0 radical (unpaired) electrons. The quantitative estimate of drug-likeness (QED) is 0.827. The lowest BCUT2D eigenvalue weighted by molar-refractivity contribution is 0.514. The molecule has 1 nitrogen and oxygen atoms in total. The van der Waals surface area contributed by atoms with E-state index in [0.717, 1.165) is 16.7 Å². The van der Waals surface area contributed by atoms with Gasteiger partial charge in [0.05, 0.1) is 0 Å². The van der Waals surface area contributed by atoms with E-state index in [4.69, 9.17) is 11.6 Å². The Kier molecular flexibility index (Phi) is 6.55. The number of halogens is 1. The molecule has 1 fully saturated rings. The summed E-state index contributed by atoms with van der Waals surface area (Å²) in [5.41, 5.74) is 1.33. The first kappa shape index (κ1) is 15.2. The first-order valence-corrected chi connectivity index (χ1v) is 8.74. The van der Waals surface area contributed by atoms with Crippen molar-refractivity contribution in [3.8, 4) is 0 Å². The van der Waals surface area contributed by atoms with E-state index in [1.807, 2.05) is 12.1 Å². The molecule has 0 heterocycles. The fourth-order valence-electron chi connectivity index (χ4n) is 2.68. The molecule has 1 aromatic rings. The Morgan fingerprint density at radius 1 is 1.32 bits per heavy atom. The van der Waals surface area contributed by atoms with Gasteiger partial charge in [0.25, 0.3) is 0 Å². The Hall–Kier alpha value is -0.180. The maximum atomic E-state index is 6.04. The smallest absolute Gasteiger partial charge is 0.0408 e. The summed E-state index contributed by atoms with van der Waals surface area (Å²) in [5.74, 6) is 1.20. The summed E-state index contributed by atoms with van der Waals surface area (Å²) >= 11 is 8.20. The zero-order valence-corrected chi connectivity index (χ0v) is 13.3. The second kappa shape index (κ2) is 8.18. The minimum atomic E-state index is 0.547. The van der Waals surface area contributed by atoms with Gasteiger partial charge in [-0.05, 0) is 44.0 Å². The van der Waals surface area contributed by atoms with E-state index in [9.17, 15) is 0 Å². The Morgan fingerprint density at radius 3 is 2.79 bits per heavy atom. The van der Waals surface area contributed by atoms with Crippen LogP contribution in [-0.2, 0) is 6.42 Å². The minimum Gasteiger partial charge on any atom is -0.316 e. The van der Waals surface area contributed by atoms with Crippen molar-refractivity contribution in [1.29, 1.82) is 0 Å². The van der Waals surface area contributed by atoms with E-state index in [0.29, 0.717) is 6.04 Å². The highest BCUT2D eigenvalue weighted by molar-refractivity contribution is 7.99. The van der Waals surface area contributed by atoms with Crippen molar-refractivity contribution < 1.29 is 0 Å². The highest BCUT2D eigenvalue weighted by atomic mass is 35.5. The van der Waals surface area contributed by atoms with E-state index >= 15 is 0 Å². The van der Waals surface area contributed by atoms with Gasteiger partial charge in [0.2, 0.25) is 0 Å². The lowest BCUT2D eigenvalue weighted by Crippen LogP contribution is -2.31. The van der Waals surface area contributed by atoms with Crippen LogP contribution in [0.15, 0.2) is 24.3 Å². The van der Waals surface area contributed by atoms with E-state index < -0.39 is 0 Å². The van der Waals surface area contributed by atoms with Crippen LogP contribution in [0.5, 0.6) is 0 Å².